The largest absolute Gasteiger partial charge is 0.480 e. The van der Waals surface area contributed by atoms with Gasteiger partial charge < -0.3 is 10.4 Å². The maximum absolute atomic E-state index is 11.9. The molecule has 106 valence electrons. The van der Waals surface area contributed by atoms with Crippen LogP contribution in [-0.4, -0.2) is 23.0 Å². The summed E-state index contributed by atoms with van der Waals surface area (Å²) < 4.78 is 0. The molecule has 1 unspecified atom stereocenters. The number of rotatable bonds is 6. The third-order valence-corrected chi connectivity index (χ3v) is 3.56. The Morgan fingerprint density at radius 2 is 2.10 bits per heavy atom. The Labute approximate surface area is 118 Å². The van der Waals surface area contributed by atoms with Gasteiger partial charge in [-0.25, -0.2) is 4.79 Å². The fourth-order valence-electron chi connectivity index (χ4n) is 2.55. The minimum atomic E-state index is -1.03. The van der Waals surface area contributed by atoms with Crippen molar-refractivity contribution in [3.8, 4) is 0 Å². The highest BCUT2D eigenvalue weighted by molar-refractivity contribution is 5.85. The van der Waals surface area contributed by atoms with E-state index in [-0.39, 0.29) is 18.7 Å². The molecule has 1 amide bonds. The van der Waals surface area contributed by atoms with E-state index >= 15 is 0 Å². The fourth-order valence-corrected chi connectivity index (χ4v) is 2.55. The summed E-state index contributed by atoms with van der Waals surface area (Å²) >= 11 is 0. The van der Waals surface area contributed by atoms with Crippen molar-refractivity contribution in [1.82, 2.24) is 5.32 Å². The molecule has 0 fully saturated rings. The van der Waals surface area contributed by atoms with E-state index in [0.717, 1.165) is 18.4 Å². The number of carbonyl (C=O) groups excluding carboxylic acids is 1. The molecule has 1 aliphatic rings. The Morgan fingerprint density at radius 3 is 2.80 bits per heavy atom. The first-order valence-electron chi connectivity index (χ1n) is 6.84. The molecule has 1 atom stereocenters. The van der Waals surface area contributed by atoms with Gasteiger partial charge in [-0.15, -0.1) is 6.58 Å². The van der Waals surface area contributed by atoms with Crippen molar-refractivity contribution in [3.63, 3.8) is 0 Å². The molecular formula is C16H19NO3. The van der Waals surface area contributed by atoms with Crippen molar-refractivity contribution in [2.45, 2.75) is 38.1 Å². The molecule has 2 rings (SSSR count). The van der Waals surface area contributed by atoms with E-state index in [1.807, 2.05) is 6.07 Å². The number of amides is 1. The minimum Gasteiger partial charge on any atom is -0.480 e. The van der Waals surface area contributed by atoms with E-state index in [1.165, 1.54) is 23.6 Å². The molecule has 0 aromatic heterocycles. The lowest BCUT2D eigenvalue weighted by molar-refractivity contribution is -0.141. The Bertz CT molecular complexity index is 537. The second kappa shape index (κ2) is 6.37. The lowest BCUT2D eigenvalue weighted by Gasteiger charge is -2.13. The van der Waals surface area contributed by atoms with Crippen LogP contribution in [0, 0.1) is 0 Å². The third kappa shape index (κ3) is 3.47. The van der Waals surface area contributed by atoms with Crippen LogP contribution < -0.4 is 5.32 Å². The average molecular weight is 273 g/mol. The molecule has 0 saturated heterocycles. The summed E-state index contributed by atoms with van der Waals surface area (Å²) in [5.41, 5.74) is 3.62. The predicted octanol–water partition coefficient (Wildman–Crippen LogP) is 1.86. The average Bonchev–Trinajstić information content (AvgIpc) is 2.85. The quantitative estimate of drug-likeness (QED) is 0.777. The maximum Gasteiger partial charge on any atom is 0.326 e. The van der Waals surface area contributed by atoms with E-state index in [9.17, 15) is 9.59 Å². The smallest absolute Gasteiger partial charge is 0.326 e. The number of hydrogen-bond donors (Lipinski definition) is 2. The van der Waals surface area contributed by atoms with Gasteiger partial charge in [0.25, 0.3) is 0 Å². The Kier molecular flexibility index (Phi) is 4.56. The zero-order valence-electron chi connectivity index (χ0n) is 11.4. The van der Waals surface area contributed by atoms with E-state index in [0.29, 0.717) is 0 Å². The number of carbonyl (C=O) groups is 2. The van der Waals surface area contributed by atoms with Gasteiger partial charge in [0.2, 0.25) is 5.91 Å². The molecule has 0 spiro atoms. The molecule has 0 bridgehead atoms. The molecule has 4 nitrogen and oxygen atoms in total. The van der Waals surface area contributed by atoms with E-state index in [1.54, 1.807) is 0 Å². The summed E-state index contributed by atoms with van der Waals surface area (Å²) in [7, 11) is 0. The molecule has 2 N–H and O–H groups in total. The SMILES string of the molecule is C=CCC(NC(=O)Cc1ccc2c(c1)CCC2)C(=O)O. The monoisotopic (exact) mass is 273 g/mol. The zero-order chi connectivity index (χ0) is 14.5. The molecule has 1 aromatic carbocycles. The lowest BCUT2D eigenvalue weighted by Crippen LogP contribution is -2.41. The Morgan fingerprint density at radius 1 is 1.35 bits per heavy atom. The van der Waals surface area contributed by atoms with Gasteiger partial charge in [0, 0.05) is 0 Å². The van der Waals surface area contributed by atoms with Crippen molar-refractivity contribution in [2.75, 3.05) is 0 Å². The summed E-state index contributed by atoms with van der Waals surface area (Å²) in [6.45, 7) is 3.50. The molecule has 20 heavy (non-hydrogen) atoms. The molecule has 0 heterocycles. The van der Waals surface area contributed by atoms with Crippen LogP contribution in [0.4, 0.5) is 0 Å². The number of hydrogen-bond acceptors (Lipinski definition) is 2. The first-order chi connectivity index (χ1) is 9.60. The normalized spacial score (nSPS) is 14.4. The van der Waals surface area contributed by atoms with Crippen LogP contribution in [0.25, 0.3) is 0 Å². The van der Waals surface area contributed by atoms with Crippen molar-refractivity contribution in [2.24, 2.45) is 0 Å². The maximum atomic E-state index is 11.9. The van der Waals surface area contributed by atoms with Crippen LogP contribution in [-0.2, 0) is 28.9 Å². The van der Waals surface area contributed by atoms with Crippen molar-refractivity contribution < 1.29 is 14.7 Å². The summed E-state index contributed by atoms with van der Waals surface area (Å²) in [5, 5.41) is 11.5. The van der Waals surface area contributed by atoms with Gasteiger partial charge in [-0.1, -0.05) is 24.3 Å². The van der Waals surface area contributed by atoms with Gasteiger partial charge in [0.15, 0.2) is 0 Å². The van der Waals surface area contributed by atoms with E-state index in [2.05, 4.69) is 24.0 Å². The van der Waals surface area contributed by atoms with Gasteiger partial charge in [0.1, 0.15) is 6.04 Å². The molecule has 4 heteroatoms. The van der Waals surface area contributed by atoms with Gasteiger partial charge in [0.05, 0.1) is 6.42 Å². The topological polar surface area (TPSA) is 66.4 Å². The highest BCUT2D eigenvalue weighted by atomic mass is 16.4. The second-order valence-corrected chi connectivity index (χ2v) is 5.12. The standard InChI is InChI=1S/C16H19NO3/c1-2-4-14(16(19)20)17-15(18)10-11-7-8-12-5-3-6-13(12)9-11/h2,7-9,14H,1,3-6,10H2,(H,17,18)(H,19,20). The number of carboxylic acid groups (broad SMARTS) is 1. The Hall–Kier alpha value is -2.10. The van der Waals surface area contributed by atoms with Crippen LogP contribution in [0.15, 0.2) is 30.9 Å². The summed E-state index contributed by atoms with van der Waals surface area (Å²) in [5.74, 6) is -1.30. The number of fused-ring (bicyclic) bond motifs is 1. The van der Waals surface area contributed by atoms with Gasteiger partial charge >= 0.3 is 5.97 Å². The summed E-state index contributed by atoms with van der Waals surface area (Å²) in [6, 6.07) is 5.19. The van der Waals surface area contributed by atoms with Crippen LogP contribution in [0.5, 0.6) is 0 Å². The molecule has 1 aromatic rings. The predicted molar refractivity (Wildman–Crippen MR) is 76.6 cm³/mol. The molecule has 1 aliphatic carbocycles. The number of aliphatic carboxylic acids is 1. The second-order valence-electron chi connectivity index (χ2n) is 5.12. The van der Waals surface area contributed by atoms with Crippen molar-refractivity contribution in [3.05, 3.63) is 47.5 Å². The number of nitrogens with one attached hydrogen (secondary N) is 1. The minimum absolute atomic E-state index is 0.216. The number of carboxylic acids is 1. The van der Waals surface area contributed by atoms with Gasteiger partial charge in [-0.05, 0) is 42.4 Å². The number of benzene rings is 1. The summed E-state index contributed by atoms with van der Waals surface area (Å²) in [4.78, 5) is 22.9. The molecular weight excluding hydrogens is 254 g/mol. The van der Waals surface area contributed by atoms with E-state index in [4.69, 9.17) is 5.11 Å². The fraction of sp³-hybridized carbons (Fsp3) is 0.375. The molecule has 0 radical (unpaired) electrons. The highest BCUT2D eigenvalue weighted by Crippen LogP contribution is 2.22. The van der Waals surface area contributed by atoms with Crippen LogP contribution in [0.2, 0.25) is 0 Å². The molecule has 0 aliphatic heterocycles. The lowest BCUT2D eigenvalue weighted by atomic mass is 10.0. The van der Waals surface area contributed by atoms with Gasteiger partial charge in [-0.2, -0.15) is 0 Å². The summed E-state index contributed by atoms with van der Waals surface area (Å²) in [6.07, 6.45) is 5.29. The third-order valence-electron chi connectivity index (χ3n) is 3.56. The first kappa shape index (κ1) is 14.3. The van der Waals surface area contributed by atoms with Crippen molar-refractivity contribution >= 4 is 11.9 Å². The van der Waals surface area contributed by atoms with Gasteiger partial charge in [-0.3, -0.25) is 4.79 Å². The van der Waals surface area contributed by atoms with Crippen LogP contribution >= 0.6 is 0 Å². The number of aryl methyl sites for hydroxylation is 2. The van der Waals surface area contributed by atoms with Crippen LogP contribution in [0.1, 0.15) is 29.5 Å². The molecule has 0 saturated carbocycles. The Balaban J connectivity index is 1.97. The van der Waals surface area contributed by atoms with E-state index < -0.39 is 12.0 Å². The van der Waals surface area contributed by atoms with Crippen LogP contribution in [0.3, 0.4) is 0 Å². The first-order valence-corrected chi connectivity index (χ1v) is 6.84. The highest BCUT2D eigenvalue weighted by Gasteiger charge is 2.19. The van der Waals surface area contributed by atoms with Crippen molar-refractivity contribution in [1.29, 1.82) is 0 Å². The zero-order valence-corrected chi connectivity index (χ0v) is 11.4.